The number of likely N-dealkylation sites (N-methyl/N-ethyl adjacent to an activating group) is 1. The number of methoxy groups -OCH3 is 1. The van der Waals surface area contributed by atoms with Crippen molar-refractivity contribution in [3.63, 3.8) is 0 Å². The first-order valence-electron chi connectivity index (χ1n) is 7.67. The van der Waals surface area contributed by atoms with Crippen molar-refractivity contribution in [2.45, 2.75) is 45.4 Å². The normalized spacial score (nSPS) is 14.7. The van der Waals surface area contributed by atoms with Gasteiger partial charge in [-0.25, -0.2) is 8.51 Å². The Morgan fingerprint density at radius 3 is 2.13 bits per heavy atom. The van der Waals surface area contributed by atoms with Crippen LogP contribution in [0.25, 0.3) is 0 Å². The molecule has 130 valence electrons. The van der Waals surface area contributed by atoms with E-state index >= 15 is 0 Å². The zero-order valence-corrected chi connectivity index (χ0v) is 15.9. The van der Waals surface area contributed by atoms with Gasteiger partial charge >= 0.3 is 0 Å². The number of benzene rings is 1. The van der Waals surface area contributed by atoms with Gasteiger partial charge in [-0.2, -0.15) is 0 Å². The van der Waals surface area contributed by atoms with E-state index in [-0.39, 0.29) is 11.8 Å². The van der Waals surface area contributed by atoms with Gasteiger partial charge in [0.1, 0.15) is 22.8 Å². The van der Waals surface area contributed by atoms with Gasteiger partial charge in [0.15, 0.2) is 0 Å². The SMILES string of the molecule is COc1ccc(NC(=O)C(C(C)C)N(C)S(=O)C(C)(C)C)cc1. The predicted octanol–water partition coefficient (Wildman–Crippen LogP) is 3.05. The van der Waals surface area contributed by atoms with Gasteiger partial charge in [-0.3, -0.25) is 4.79 Å². The Morgan fingerprint density at radius 1 is 1.22 bits per heavy atom. The summed E-state index contributed by atoms with van der Waals surface area (Å²) >= 11 is 0. The molecule has 1 rings (SSSR count). The summed E-state index contributed by atoms with van der Waals surface area (Å²) in [6, 6.07) is 6.68. The Bertz CT molecular complexity index is 550. The second-order valence-electron chi connectivity index (χ2n) is 6.81. The molecule has 0 aliphatic heterocycles. The highest BCUT2D eigenvalue weighted by atomic mass is 32.2. The smallest absolute Gasteiger partial charge is 0.242 e. The number of ether oxygens (including phenoxy) is 1. The standard InChI is InChI=1S/C17H28N2O3S/c1-12(2)15(19(6)23(21)17(3,4)5)16(20)18-13-8-10-14(22-7)11-9-13/h8-12,15H,1-7H3,(H,18,20). The Hall–Kier alpha value is -1.40. The van der Waals surface area contributed by atoms with Crippen molar-refractivity contribution in [3.8, 4) is 5.75 Å². The van der Waals surface area contributed by atoms with Crippen LogP contribution in [0.15, 0.2) is 24.3 Å². The van der Waals surface area contributed by atoms with Crippen LogP contribution in [0.2, 0.25) is 0 Å². The summed E-state index contributed by atoms with van der Waals surface area (Å²) in [5, 5.41) is 2.89. The number of hydrogen-bond acceptors (Lipinski definition) is 3. The summed E-state index contributed by atoms with van der Waals surface area (Å²) in [4.78, 5) is 12.7. The fourth-order valence-electron chi connectivity index (χ4n) is 2.31. The lowest BCUT2D eigenvalue weighted by Gasteiger charge is -2.33. The second kappa shape index (κ2) is 7.93. The number of carbonyl (C=O) groups excluding carboxylic acids is 1. The van der Waals surface area contributed by atoms with Crippen molar-refractivity contribution in [3.05, 3.63) is 24.3 Å². The third kappa shape index (κ3) is 5.32. The van der Waals surface area contributed by atoms with E-state index in [1.807, 2.05) is 34.6 Å². The van der Waals surface area contributed by atoms with Crippen LogP contribution in [0, 0.1) is 5.92 Å². The van der Waals surface area contributed by atoms with E-state index in [9.17, 15) is 9.00 Å². The van der Waals surface area contributed by atoms with Crippen LogP contribution in [0.3, 0.4) is 0 Å². The molecule has 1 amide bonds. The number of anilines is 1. The lowest BCUT2D eigenvalue weighted by molar-refractivity contribution is -0.120. The molecule has 1 aromatic carbocycles. The molecule has 0 aliphatic rings. The van der Waals surface area contributed by atoms with Crippen molar-refractivity contribution in [2.24, 2.45) is 5.92 Å². The molecule has 0 aliphatic carbocycles. The maximum Gasteiger partial charge on any atom is 0.242 e. The highest BCUT2D eigenvalue weighted by molar-refractivity contribution is 7.84. The van der Waals surface area contributed by atoms with Crippen molar-refractivity contribution in [1.82, 2.24) is 4.31 Å². The molecule has 0 spiro atoms. The molecule has 0 heterocycles. The number of carbonyl (C=O) groups is 1. The van der Waals surface area contributed by atoms with Crippen LogP contribution in [0.1, 0.15) is 34.6 Å². The molecule has 1 aromatic rings. The van der Waals surface area contributed by atoms with Crippen molar-refractivity contribution < 1.29 is 13.7 Å². The van der Waals surface area contributed by atoms with Crippen LogP contribution in [-0.2, 0) is 15.8 Å². The van der Waals surface area contributed by atoms with Crippen molar-refractivity contribution in [1.29, 1.82) is 0 Å². The fourth-order valence-corrected chi connectivity index (χ4v) is 3.72. The highest BCUT2D eigenvalue weighted by Gasteiger charge is 2.34. The molecule has 5 nitrogen and oxygen atoms in total. The highest BCUT2D eigenvalue weighted by Crippen LogP contribution is 2.22. The number of nitrogens with zero attached hydrogens (tertiary/aromatic N) is 1. The first-order chi connectivity index (χ1) is 10.6. The molecule has 0 bridgehead atoms. The summed E-state index contributed by atoms with van der Waals surface area (Å²) in [6.45, 7) is 9.61. The van der Waals surface area contributed by atoms with Gasteiger partial charge in [-0.05, 0) is 51.0 Å². The lowest BCUT2D eigenvalue weighted by Crippen LogP contribution is -2.49. The Balaban J connectivity index is 2.92. The topological polar surface area (TPSA) is 58.6 Å². The summed E-state index contributed by atoms with van der Waals surface area (Å²) in [5.41, 5.74) is 0.691. The summed E-state index contributed by atoms with van der Waals surface area (Å²) in [6.07, 6.45) is 0. The van der Waals surface area contributed by atoms with Gasteiger partial charge < -0.3 is 10.1 Å². The summed E-state index contributed by atoms with van der Waals surface area (Å²) < 4.78 is 18.9. The molecule has 0 saturated heterocycles. The average molecular weight is 340 g/mol. The molecule has 2 unspecified atom stereocenters. The van der Waals surface area contributed by atoms with E-state index in [4.69, 9.17) is 4.74 Å². The van der Waals surface area contributed by atoms with Crippen LogP contribution in [0.4, 0.5) is 5.69 Å². The van der Waals surface area contributed by atoms with E-state index in [1.165, 1.54) is 0 Å². The van der Waals surface area contributed by atoms with E-state index in [0.29, 0.717) is 5.69 Å². The lowest BCUT2D eigenvalue weighted by atomic mass is 10.0. The molecule has 6 heteroatoms. The second-order valence-corrected chi connectivity index (χ2v) is 9.11. The zero-order valence-electron chi connectivity index (χ0n) is 15.0. The van der Waals surface area contributed by atoms with Gasteiger partial charge in [0.25, 0.3) is 0 Å². The molecule has 0 aromatic heterocycles. The number of nitrogens with one attached hydrogen (secondary N) is 1. The van der Waals surface area contributed by atoms with Crippen LogP contribution >= 0.6 is 0 Å². The number of rotatable bonds is 6. The van der Waals surface area contributed by atoms with Crippen LogP contribution in [-0.4, -0.2) is 39.4 Å². The molecular weight excluding hydrogens is 312 g/mol. The maximum absolute atomic E-state index is 12.7. The van der Waals surface area contributed by atoms with Gasteiger partial charge in [-0.1, -0.05) is 13.8 Å². The van der Waals surface area contributed by atoms with E-state index in [2.05, 4.69) is 5.32 Å². The Labute approximate surface area is 142 Å². The number of amides is 1. The molecule has 1 N–H and O–H groups in total. The molecule has 0 saturated carbocycles. The van der Waals surface area contributed by atoms with Gasteiger partial charge in [0.2, 0.25) is 5.91 Å². The van der Waals surface area contributed by atoms with Crippen LogP contribution in [0.5, 0.6) is 5.75 Å². The first-order valence-corrected chi connectivity index (χ1v) is 8.78. The Kier molecular flexibility index (Phi) is 6.77. The van der Waals surface area contributed by atoms with Crippen molar-refractivity contribution in [2.75, 3.05) is 19.5 Å². The van der Waals surface area contributed by atoms with Gasteiger partial charge in [0, 0.05) is 12.7 Å². The zero-order chi connectivity index (χ0) is 17.8. The van der Waals surface area contributed by atoms with Crippen LogP contribution < -0.4 is 10.1 Å². The van der Waals surface area contributed by atoms with E-state index in [0.717, 1.165) is 5.75 Å². The molecule has 0 fully saturated rings. The quantitative estimate of drug-likeness (QED) is 0.866. The summed E-state index contributed by atoms with van der Waals surface area (Å²) in [5.74, 6) is 0.601. The largest absolute Gasteiger partial charge is 0.497 e. The minimum atomic E-state index is -1.26. The van der Waals surface area contributed by atoms with E-state index < -0.39 is 21.8 Å². The first kappa shape index (κ1) is 19.6. The number of hydrogen-bond donors (Lipinski definition) is 1. The minimum absolute atomic E-state index is 0.0320. The van der Waals surface area contributed by atoms with E-state index in [1.54, 1.807) is 42.7 Å². The monoisotopic (exact) mass is 340 g/mol. The molecular formula is C17H28N2O3S. The van der Waals surface area contributed by atoms with Crippen molar-refractivity contribution >= 4 is 22.6 Å². The third-order valence-electron chi connectivity index (χ3n) is 3.43. The average Bonchev–Trinajstić information content (AvgIpc) is 2.45. The minimum Gasteiger partial charge on any atom is -0.497 e. The fraction of sp³-hybridized carbons (Fsp3) is 0.588. The molecule has 2 atom stereocenters. The third-order valence-corrected chi connectivity index (χ3v) is 5.23. The maximum atomic E-state index is 12.7. The van der Waals surface area contributed by atoms with Gasteiger partial charge in [-0.15, -0.1) is 0 Å². The summed E-state index contributed by atoms with van der Waals surface area (Å²) in [7, 11) is 2.07. The van der Waals surface area contributed by atoms with Gasteiger partial charge in [0.05, 0.1) is 11.9 Å². The Morgan fingerprint density at radius 2 is 1.74 bits per heavy atom. The predicted molar refractivity (Wildman–Crippen MR) is 95.9 cm³/mol. The molecule has 0 radical (unpaired) electrons. The molecule has 23 heavy (non-hydrogen) atoms.